The van der Waals surface area contributed by atoms with Gasteiger partial charge in [-0.05, 0) is 42.9 Å². The lowest BCUT2D eigenvalue weighted by Gasteiger charge is -2.41. The molecule has 0 aromatic heterocycles. The van der Waals surface area contributed by atoms with Crippen molar-refractivity contribution in [2.75, 3.05) is 13.7 Å². The van der Waals surface area contributed by atoms with E-state index in [1.54, 1.807) is 0 Å². The molecule has 94 valence electrons. The number of benzene rings is 1. The van der Waals surface area contributed by atoms with Gasteiger partial charge < -0.3 is 10.5 Å². The van der Waals surface area contributed by atoms with Crippen molar-refractivity contribution in [2.24, 2.45) is 11.1 Å². The average Bonchev–Trinajstić information content (AvgIpc) is 2.27. The summed E-state index contributed by atoms with van der Waals surface area (Å²) in [5.41, 5.74) is 6.09. The summed E-state index contributed by atoms with van der Waals surface area (Å²) in [5.74, 6) is -0.986. The van der Waals surface area contributed by atoms with Crippen LogP contribution < -0.4 is 10.5 Å². The van der Waals surface area contributed by atoms with Crippen LogP contribution in [0.2, 0.25) is 0 Å². The Morgan fingerprint density at radius 3 is 2.47 bits per heavy atom. The number of hydrogen-bond donors (Lipinski definition) is 1. The number of rotatable bonds is 4. The molecule has 0 bridgehead atoms. The summed E-state index contributed by atoms with van der Waals surface area (Å²) in [6, 6.07) is 2.33. The third kappa shape index (κ3) is 2.27. The Hall–Kier alpha value is -1.16. The van der Waals surface area contributed by atoms with E-state index in [9.17, 15) is 8.78 Å². The van der Waals surface area contributed by atoms with Gasteiger partial charge in [-0.3, -0.25) is 0 Å². The Balaban J connectivity index is 2.24. The molecule has 2 N–H and O–H groups in total. The van der Waals surface area contributed by atoms with Crippen LogP contribution in [0.15, 0.2) is 12.1 Å². The van der Waals surface area contributed by atoms with Crippen molar-refractivity contribution in [3.05, 3.63) is 29.3 Å². The SMILES string of the molecule is COc1cc(F)c(CC2(CN)CCC2)cc1F. The first-order valence-electron chi connectivity index (χ1n) is 5.82. The van der Waals surface area contributed by atoms with Gasteiger partial charge in [0.25, 0.3) is 0 Å². The quantitative estimate of drug-likeness (QED) is 0.879. The first-order valence-corrected chi connectivity index (χ1v) is 5.82. The molecule has 17 heavy (non-hydrogen) atoms. The minimum atomic E-state index is -0.518. The molecule has 0 unspecified atom stereocenters. The second kappa shape index (κ2) is 4.61. The molecule has 2 rings (SSSR count). The molecule has 0 atom stereocenters. The van der Waals surface area contributed by atoms with E-state index in [0.29, 0.717) is 18.5 Å². The molecule has 1 aromatic carbocycles. The normalized spacial score (nSPS) is 17.6. The van der Waals surface area contributed by atoms with Crippen LogP contribution in [0.3, 0.4) is 0 Å². The molecule has 0 heterocycles. The first-order chi connectivity index (χ1) is 8.10. The highest BCUT2D eigenvalue weighted by atomic mass is 19.1. The molecule has 0 spiro atoms. The second-order valence-electron chi connectivity index (χ2n) is 4.81. The summed E-state index contributed by atoms with van der Waals surface area (Å²) in [6.45, 7) is 0.528. The highest BCUT2D eigenvalue weighted by Crippen LogP contribution is 2.43. The van der Waals surface area contributed by atoms with E-state index in [1.165, 1.54) is 13.2 Å². The Bertz CT molecular complexity index is 411. The highest BCUT2D eigenvalue weighted by Gasteiger charge is 2.36. The Labute approximate surface area is 99.8 Å². The Morgan fingerprint density at radius 1 is 1.29 bits per heavy atom. The van der Waals surface area contributed by atoms with Gasteiger partial charge in [-0.1, -0.05) is 6.42 Å². The monoisotopic (exact) mass is 241 g/mol. The summed E-state index contributed by atoms with van der Waals surface area (Å²) >= 11 is 0. The van der Waals surface area contributed by atoms with Gasteiger partial charge >= 0.3 is 0 Å². The van der Waals surface area contributed by atoms with Crippen molar-refractivity contribution in [3.8, 4) is 5.75 Å². The molecular formula is C13H17F2NO. The molecule has 0 saturated heterocycles. The third-order valence-electron chi connectivity index (χ3n) is 3.73. The number of nitrogens with two attached hydrogens (primary N) is 1. The zero-order valence-electron chi connectivity index (χ0n) is 9.93. The largest absolute Gasteiger partial charge is 0.494 e. The van der Waals surface area contributed by atoms with Crippen LogP contribution in [-0.2, 0) is 6.42 Å². The van der Waals surface area contributed by atoms with Gasteiger partial charge in [0.2, 0.25) is 0 Å². The Morgan fingerprint density at radius 2 is 2.00 bits per heavy atom. The molecule has 1 aromatic rings. The van der Waals surface area contributed by atoms with E-state index < -0.39 is 11.6 Å². The third-order valence-corrected chi connectivity index (χ3v) is 3.73. The lowest BCUT2D eigenvalue weighted by Crippen LogP contribution is -2.39. The first kappa shape index (κ1) is 12.3. The van der Waals surface area contributed by atoms with E-state index in [0.717, 1.165) is 25.3 Å². The van der Waals surface area contributed by atoms with Gasteiger partial charge in [-0.15, -0.1) is 0 Å². The average molecular weight is 241 g/mol. The zero-order valence-corrected chi connectivity index (χ0v) is 9.93. The predicted molar refractivity (Wildman–Crippen MR) is 62.0 cm³/mol. The molecule has 0 aliphatic heterocycles. The highest BCUT2D eigenvalue weighted by molar-refractivity contribution is 5.31. The summed E-state index contributed by atoms with van der Waals surface area (Å²) in [6.07, 6.45) is 3.63. The van der Waals surface area contributed by atoms with Crippen molar-refractivity contribution in [3.63, 3.8) is 0 Å². The van der Waals surface area contributed by atoms with Gasteiger partial charge in [0.15, 0.2) is 11.6 Å². The maximum Gasteiger partial charge on any atom is 0.165 e. The van der Waals surface area contributed by atoms with Gasteiger partial charge in [0, 0.05) is 6.07 Å². The van der Waals surface area contributed by atoms with Crippen molar-refractivity contribution in [2.45, 2.75) is 25.7 Å². The molecule has 0 radical (unpaired) electrons. The van der Waals surface area contributed by atoms with Gasteiger partial charge in [0.1, 0.15) is 5.82 Å². The molecule has 2 nitrogen and oxygen atoms in total. The zero-order chi connectivity index (χ0) is 12.5. The lowest BCUT2D eigenvalue weighted by atomic mass is 9.65. The summed E-state index contributed by atoms with van der Waals surface area (Å²) in [7, 11) is 1.32. The van der Waals surface area contributed by atoms with Crippen LogP contribution in [-0.4, -0.2) is 13.7 Å². The standard InChI is InChI=1S/C13H17F2NO/c1-17-12-6-10(14)9(5-11(12)15)7-13(8-16)3-2-4-13/h5-6H,2-4,7-8,16H2,1H3. The number of methoxy groups -OCH3 is 1. The van der Waals surface area contributed by atoms with Gasteiger partial charge in [-0.2, -0.15) is 0 Å². The van der Waals surface area contributed by atoms with Crippen molar-refractivity contribution >= 4 is 0 Å². The fraction of sp³-hybridized carbons (Fsp3) is 0.538. The molecule has 0 amide bonds. The number of hydrogen-bond acceptors (Lipinski definition) is 2. The van der Waals surface area contributed by atoms with Crippen LogP contribution in [0.25, 0.3) is 0 Å². The van der Waals surface area contributed by atoms with Gasteiger partial charge in [-0.25, -0.2) is 8.78 Å². The van der Waals surface area contributed by atoms with Crippen molar-refractivity contribution in [1.29, 1.82) is 0 Å². The van der Waals surface area contributed by atoms with E-state index in [2.05, 4.69) is 0 Å². The van der Waals surface area contributed by atoms with Crippen molar-refractivity contribution < 1.29 is 13.5 Å². The molecule has 1 aliphatic rings. The molecule has 1 saturated carbocycles. The van der Waals surface area contributed by atoms with E-state index >= 15 is 0 Å². The van der Waals surface area contributed by atoms with Gasteiger partial charge in [0.05, 0.1) is 7.11 Å². The smallest absolute Gasteiger partial charge is 0.165 e. The van der Waals surface area contributed by atoms with E-state index in [-0.39, 0.29) is 11.2 Å². The number of halogens is 2. The predicted octanol–water partition coefficient (Wildman–Crippen LogP) is 2.64. The summed E-state index contributed by atoms with van der Waals surface area (Å²) in [4.78, 5) is 0. The minimum Gasteiger partial charge on any atom is -0.494 e. The Kier molecular flexibility index (Phi) is 3.33. The fourth-order valence-corrected chi connectivity index (χ4v) is 2.40. The lowest BCUT2D eigenvalue weighted by molar-refractivity contribution is 0.143. The second-order valence-corrected chi connectivity index (χ2v) is 4.81. The van der Waals surface area contributed by atoms with Crippen LogP contribution in [0.5, 0.6) is 5.75 Å². The van der Waals surface area contributed by atoms with Crippen LogP contribution in [0.4, 0.5) is 8.78 Å². The molecule has 1 fully saturated rings. The minimum absolute atomic E-state index is 0.0259. The topological polar surface area (TPSA) is 35.2 Å². The summed E-state index contributed by atoms with van der Waals surface area (Å²) in [5, 5.41) is 0. The van der Waals surface area contributed by atoms with Crippen LogP contribution in [0, 0.1) is 17.0 Å². The van der Waals surface area contributed by atoms with E-state index in [4.69, 9.17) is 10.5 Å². The van der Waals surface area contributed by atoms with Crippen molar-refractivity contribution in [1.82, 2.24) is 0 Å². The maximum absolute atomic E-state index is 13.8. The number of ether oxygens (including phenoxy) is 1. The van der Waals surface area contributed by atoms with E-state index in [1.807, 2.05) is 0 Å². The fourth-order valence-electron chi connectivity index (χ4n) is 2.40. The summed E-state index contributed by atoms with van der Waals surface area (Å²) < 4.78 is 32.0. The van der Waals surface area contributed by atoms with Crippen LogP contribution in [0.1, 0.15) is 24.8 Å². The molecular weight excluding hydrogens is 224 g/mol. The molecule has 4 heteroatoms. The van der Waals surface area contributed by atoms with Crippen LogP contribution >= 0.6 is 0 Å². The maximum atomic E-state index is 13.8. The molecule has 1 aliphatic carbocycles.